The van der Waals surface area contributed by atoms with Crippen LogP contribution in [-0.2, 0) is 22.5 Å². The van der Waals surface area contributed by atoms with Crippen LogP contribution in [0.5, 0.6) is 0 Å². The molecule has 2 aromatic carbocycles. The van der Waals surface area contributed by atoms with Crippen LogP contribution in [0.1, 0.15) is 41.3 Å². The SMILES string of the molecule is CCCCNc1ccccc1C(=O)OCC(=O)N1CCc2ccccc2C1. The first kappa shape index (κ1) is 19.0. The Morgan fingerprint density at radius 3 is 2.63 bits per heavy atom. The van der Waals surface area contributed by atoms with Crippen molar-refractivity contribution in [1.29, 1.82) is 0 Å². The molecule has 5 nitrogen and oxygen atoms in total. The van der Waals surface area contributed by atoms with Crippen LogP contribution >= 0.6 is 0 Å². The van der Waals surface area contributed by atoms with Gasteiger partial charge in [-0.05, 0) is 36.1 Å². The summed E-state index contributed by atoms with van der Waals surface area (Å²) in [4.78, 5) is 26.7. The number of nitrogens with zero attached hydrogens (tertiary/aromatic N) is 1. The predicted octanol–water partition coefficient (Wildman–Crippen LogP) is 3.64. The molecule has 0 fully saturated rings. The Labute approximate surface area is 160 Å². The van der Waals surface area contributed by atoms with Crippen molar-refractivity contribution in [2.45, 2.75) is 32.7 Å². The van der Waals surface area contributed by atoms with Crippen molar-refractivity contribution in [3.05, 3.63) is 65.2 Å². The van der Waals surface area contributed by atoms with Gasteiger partial charge in [-0.3, -0.25) is 4.79 Å². The summed E-state index contributed by atoms with van der Waals surface area (Å²) in [5.74, 6) is -0.630. The predicted molar refractivity (Wildman–Crippen MR) is 106 cm³/mol. The van der Waals surface area contributed by atoms with Crippen LogP contribution in [0.25, 0.3) is 0 Å². The molecule has 0 atom stereocenters. The second-order valence-corrected chi connectivity index (χ2v) is 6.74. The zero-order valence-electron chi connectivity index (χ0n) is 15.7. The number of para-hydroxylation sites is 1. The van der Waals surface area contributed by atoms with E-state index in [1.165, 1.54) is 5.56 Å². The summed E-state index contributed by atoms with van der Waals surface area (Å²) in [6, 6.07) is 15.4. The Morgan fingerprint density at radius 2 is 1.81 bits per heavy atom. The molecule has 1 N–H and O–H groups in total. The lowest BCUT2D eigenvalue weighted by molar-refractivity contribution is -0.135. The molecule has 1 heterocycles. The van der Waals surface area contributed by atoms with Crippen molar-refractivity contribution in [2.75, 3.05) is 25.0 Å². The van der Waals surface area contributed by atoms with E-state index in [4.69, 9.17) is 4.74 Å². The number of amides is 1. The lowest BCUT2D eigenvalue weighted by Crippen LogP contribution is -2.38. The number of rotatable bonds is 7. The van der Waals surface area contributed by atoms with Gasteiger partial charge in [-0.2, -0.15) is 0 Å². The number of nitrogens with one attached hydrogen (secondary N) is 1. The molecule has 0 aromatic heterocycles. The molecule has 27 heavy (non-hydrogen) atoms. The van der Waals surface area contributed by atoms with Crippen LogP contribution < -0.4 is 5.32 Å². The van der Waals surface area contributed by atoms with Gasteiger partial charge in [-0.25, -0.2) is 4.79 Å². The molecule has 3 rings (SSSR count). The van der Waals surface area contributed by atoms with Gasteiger partial charge in [0.1, 0.15) is 0 Å². The number of ether oxygens (including phenoxy) is 1. The molecule has 0 saturated heterocycles. The zero-order chi connectivity index (χ0) is 19.1. The summed E-state index contributed by atoms with van der Waals surface area (Å²) in [6.07, 6.45) is 2.94. The number of unbranched alkanes of at least 4 members (excludes halogenated alkanes) is 1. The van der Waals surface area contributed by atoms with Crippen molar-refractivity contribution in [1.82, 2.24) is 4.90 Å². The van der Waals surface area contributed by atoms with Crippen molar-refractivity contribution in [3.63, 3.8) is 0 Å². The molecule has 1 aliphatic rings. The minimum absolute atomic E-state index is 0.158. The Morgan fingerprint density at radius 1 is 1.07 bits per heavy atom. The van der Waals surface area contributed by atoms with Crippen molar-refractivity contribution < 1.29 is 14.3 Å². The number of hydrogen-bond donors (Lipinski definition) is 1. The van der Waals surface area contributed by atoms with Crippen molar-refractivity contribution >= 4 is 17.6 Å². The second kappa shape index (κ2) is 9.21. The molecular formula is C22H26N2O3. The summed E-state index contributed by atoms with van der Waals surface area (Å²) in [6.45, 7) is 3.91. The topological polar surface area (TPSA) is 58.6 Å². The van der Waals surface area contributed by atoms with E-state index >= 15 is 0 Å². The Hall–Kier alpha value is -2.82. The van der Waals surface area contributed by atoms with E-state index in [2.05, 4.69) is 18.3 Å². The summed E-state index contributed by atoms with van der Waals surface area (Å²) < 4.78 is 5.31. The number of anilines is 1. The van der Waals surface area contributed by atoms with Gasteiger partial charge in [0.05, 0.1) is 5.56 Å². The van der Waals surface area contributed by atoms with E-state index < -0.39 is 5.97 Å². The molecule has 1 amide bonds. The molecule has 0 unspecified atom stereocenters. The van der Waals surface area contributed by atoms with Crippen LogP contribution in [0, 0.1) is 0 Å². The van der Waals surface area contributed by atoms with Gasteiger partial charge in [0, 0.05) is 25.3 Å². The number of carbonyl (C=O) groups is 2. The summed E-state index contributed by atoms with van der Waals surface area (Å²) >= 11 is 0. The highest BCUT2D eigenvalue weighted by Crippen LogP contribution is 2.19. The average molecular weight is 366 g/mol. The number of esters is 1. The largest absolute Gasteiger partial charge is 0.452 e. The van der Waals surface area contributed by atoms with E-state index in [1.54, 1.807) is 17.0 Å². The lowest BCUT2D eigenvalue weighted by atomic mass is 10.00. The third-order valence-electron chi connectivity index (χ3n) is 4.80. The lowest BCUT2D eigenvalue weighted by Gasteiger charge is -2.28. The molecule has 142 valence electrons. The highest BCUT2D eigenvalue weighted by molar-refractivity contribution is 5.96. The van der Waals surface area contributed by atoms with Gasteiger partial charge in [-0.15, -0.1) is 0 Å². The highest BCUT2D eigenvalue weighted by Gasteiger charge is 2.22. The Balaban J connectivity index is 1.56. The summed E-state index contributed by atoms with van der Waals surface area (Å²) in [5, 5.41) is 3.26. The monoisotopic (exact) mass is 366 g/mol. The van der Waals surface area contributed by atoms with E-state index in [1.807, 2.05) is 30.3 Å². The van der Waals surface area contributed by atoms with Gasteiger partial charge >= 0.3 is 5.97 Å². The molecule has 1 aliphatic heterocycles. The van der Waals surface area contributed by atoms with Gasteiger partial charge in [0.2, 0.25) is 0 Å². The van der Waals surface area contributed by atoms with Gasteiger partial charge in [0.25, 0.3) is 5.91 Å². The maximum absolute atomic E-state index is 12.5. The molecule has 0 aliphatic carbocycles. The third-order valence-corrected chi connectivity index (χ3v) is 4.80. The third kappa shape index (κ3) is 4.88. The Bertz CT molecular complexity index is 804. The molecule has 0 radical (unpaired) electrons. The van der Waals surface area contributed by atoms with E-state index in [0.29, 0.717) is 18.7 Å². The van der Waals surface area contributed by atoms with Gasteiger partial charge in [-0.1, -0.05) is 49.7 Å². The van der Waals surface area contributed by atoms with Crippen molar-refractivity contribution in [3.8, 4) is 0 Å². The first-order chi connectivity index (χ1) is 13.2. The highest BCUT2D eigenvalue weighted by atomic mass is 16.5. The molecule has 2 aromatic rings. The second-order valence-electron chi connectivity index (χ2n) is 6.74. The number of carbonyl (C=O) groups excluding carboxylic acids is 2. The molecular weight excluding hydrogens is 340 g/mol. The summed E-state index contributed by atoms with van der Waals surface area (Å²) in [7, 11) is 0. The maximum atomic E-state index is 12.5. The van der Waals surface area contributed by atoms with E-state index in [-0.39, 0.29) is 12.5 Å². The minimum Gasteiger partial charge on any atom is -0.452 e. The summed E-state index contributed by atoms with van der Waals surface area (Å²) in [5.41, 5.74) is 3.65. The van der Waals surface area contributed by atoms with E-state index in [0.717, 1.165) is 37.1 Å². The molecule has 0 spiro atoms. The normalized spacial score (nSPS) is 13.0. The van der Waals surface area contributed by atoms with Crippen LogP contribution in [0.3, 0.4) is 0 Å². The maximum Gasteiger partial charge on any atom is 0.340 e. The average Bonchev–Trinajstić information content (AvgIpc) is 2.72. The smallest absolute Gasteiger partial charge is 0.340 e. The van der Waals surface area contributed by atoms with Gasteiger partial charge in [0.15, 0.2) is 6.61 Å². The standard InChI is InChI=1S/C22H26N2O3/c1-2-3-13-23-20-11-7-6-10-19(20)22(26)27-16-21(25)24-14-12-17-8-4-5-9-18(17)15-24/h4-11,23H,2-3,12-16H2,1H3. The van der Waals surface area contributed by atoms with Gasteiger partial charge < -0.3 is 15.0 Å². The fraction of sp³-hybridized carbons (Fsp3) is 0.364. The number of fused-ring (bicyclic) bond motifs is 1. The fourth-order valence-electron chi connectivity index (χ4n) is 3.22. The van der Waals surface area contributed by atoms with E-state index in [9.17, 15) is 9.59 Å². The first-order valence-electron chi connectivity index (χ1n) is 9.53. The minimum atomic E-state index is -0.472. The zero-order valence-corrected chi connectivity index (χ0v) is 15.7. The number of benzene rings is 2. The molecule has 0 saturated carbocycles. The number of hydrogen-bond acceptors (Lipinski definition) is 4. The first-order valence-corrected chi connectivity index (χ1v) is 9.53. The molecule has 0 bridgehead atoms. The Kier molecular flexibility index (Phi) is 6.47. The fourth-order valence-corrected chi connectivity index (χ4v) is 3.22. The molecule has 5 heteroatoms. The quantitative estimate of drug-likeness (QED) is 0.600. The van der Waals surface area contributed by atoms with Crippen LogP contribution in [0.4, 0.5) is 5.69 Å². The van der Waals surface area contributed by atoms with Crippen LogP contribution in [-0.4, -0.2) is 36.5 Å². The van der Waals surface area contributed by atoms with Crippen LogP contribution in [0.2, 0.25) is 0 Å². The van der Waals surface area contributed by atoms with Crippen LogP contribution in [0.15, 0.2) is 48.5 Å². The van der Waals surface area contributed by atoms with Crippen molar-refractivity contribution in [2.24, 2.45) is 0 Å².